The van der Waals surface area contributed by atoms with Crippen LogP contribution in [-0.4, -0.2) is 43.5 Å². The zero-order valence-corrected chi connectivity index (χ0v) is 15.9. The number of nitrogens with zero attached hydrogens (tertiary/aromatic N) is 1. The van der Waals surface area contributed by atoms with E-state index in [0.29, 0.717) is 6.54 Å². The lowest BCUT2D eigenvalue weighted by Crippen LogP contribution is -2.43. The summed E-state index contributed by atoms with van der Waals surface area (Å²) in [4.78, 5) is 26.1. The molecule has 0 bridgehead atoms. The number of rotatable bonds is 5. The zero-order chi connectivity index (χ0) is 18.5. The van der Waals surface area contributed by atoms with Crippen molar-refractivity contribution < 1.29 is 14.3 Å². The highest BCUT2D eigenvalue weighted by Gasteiger charge is 2.26. The van der Waals surface area contributed by atoms with E-state index in [-0.39, 0.29) is 23.8 Å². The lowest BCUT2D eigenvalue weighted by molar-refractivity contribution is -0.147. The second-order valence-electron chi connectivity index (χ2n) is 7.60. The number of benzene rings is 1. The lowest BCUT2D eigenvalue weighted by atomic mass is 9.89. The van der Waals surface area contributed by atoms with Gasteiger partial charge in [-0.25, -0.2) is 0 Å². The monoisotopic (exact) mass is 358 g/mol. The molecule has 3 rings (SSSR count). The maximum atomic E-state index is 12.4. The summed E-state index contributed by atoms with van der Waals surface area (Å²) >= 11 is 0. The molecule has 5 heteroatoms. The molecule has 0 aromatic heterocycles. The first kappa shape index (κ1) is 18.9. The van der Waals surface area contributed by atoms with Crippen LogP contribution in [0.3, 0.4) is 0 Å². The Hall–Kier alpha value is -1.88. The Morgan fingerprint density at radius 2 is 1.88 bits per heavy atom. The van der Waals surface area contributed by atoms with Gasteiger partial charge in [0.05, 0.1) is 25.6 Å². The third kappa shape index (κ3) is 4.64. The van der Waals surface area contributed by atoms with Crippen LogP contribution in [0.25, 0.3) is 0 Å². The van der Waals surface area contributed by atoms with Crippen LogP contribution in [0.15, 0.2) is 18.2 Å². The predicted molar refractivity (Wildman–Crippen MR) is 101 cm³/mol. The molecule has 1 aliphatic carbocycles. The molecule has 1 aromatic rings. The van der Waals surface area contributed by atoms with Crippen LogP contribution in [-0.2, 0) is 27.2 Å². The van der Waals surface area contributed by atoms with Crippen LogP contribution in [0.5, 0.6) is 0 Å². The number of hydrogen-bond acceptors (Lipinski definition) is 4. The van der Waals surface area contributed by atoms with Crippen molar-refractivity contribution in [2.45, 2.75) is 51.5 Å². The Bertz CT molecular complexity index is 651. The maximum Gasteiger partial charge on any atom is 0.308 e. The van der Waals surface area contributed by atoms with Crippen molar-refractivity contribution >= 4 is 11.9 Å². The number of hydrogen-bond donors (Lipinski definition) is 1. The minimum Gasteiger partial charge on any atom is -0.469 e. The number of carbonyl (C=O) groups is 2. The molecule has 0 saturated carbocycles. The number of piperidine rings is 1. The molecule has 0 radical (unpaired) electrons. The van der Waals surface area contributed by atoms with E-state index in [0.717, 1.165) is 32.4 Å². The van der Waals surface area contributed by atoms with E-state index in [1.165, 1.54) is 43.1 Å². The molecular weight excluding hydrogens is 328 g/mol. The summed E-state index contributed by atoms with van der Waals surface area (Å²) in [5, 5.41) is 3.12. The number of aryl methyl sites for hydroxylation is 2. The summed E-state index contributed by atoms with van der Waals surface area (Å²) in [7, 11) is 1.43. The quantitative estimate of drug-likeness (QED) is 0.822. The SMILES string of the molecule is COC(=O)C1CCN(CC(=O)NC(C)c2ccc3c(c2)CCCC3)CC1. The van der Waals surface area contributed by atoms with Crippen molar-refractivity contribution in [3.8, 4) is 0 Å². The fourth-order valence-electron chi connectivity index (χ4n) is 4.09. The van der Waals surface area contributed by atoms with Gasteiger partial charge in [-0.05, 0) is 75.2 Å². The predicted octanol–water partition coefficient (Wildman–Crippen LogP) is 2.63. The average Bonchev–Trinajstić information content (AvgIpc) is 2.67. The first-order valence-electron chi connectivity index (χ1n) is 9.78. The van der Waals surface area contributed by atoms with Gasteiger partial charge >= 0.3 is 5.97 Å². The van der Waals surface area contributed by atoms with Gasteiger partial charge in [0.1, 0.15) is 0 Å². The van der Waals surface area contributed by atoms with Gasteiger partial charge in [0.2, 0.25) is 5.91 Å². The molecule has 1 N–H and O–H groups in total. The van der Waals surface area contributed by atoms with E-state index >= 15 is 0 Å². The maximum absolute atomic E-state index is 12.4. The number of fused-ring (bicyclic) bond motifs is 1. The lowest BCUT2D eigenvalue weighted by Gasteiger charge is -2.30. The Balaban J connectivity index is 1.48. The van der Waals surface area contributed by atoms with Crippen LogP contribution < -0.4 is 5.32 Å². The molecule has 1 aromatic carbocycles. The number of likely N-dealkylation sites (tertiary alicyclic amines) is 1. The largest absolute Gasteiger partial charge is 0.469 e. The molecule has 1 atom stereocenters. The molecular formula is C21H30N2O3. The van der Waals surface area contributed by atoms with E-state index in [4.69, 9.17) is 4.74 Å². The van der Waals surface area contributed by atoms with Crippen molar-refractivity contribution in [1.29, 1.82) is 0 Å². The number of carbonyl (C=O) groups excluding carboxylic acids is 2. The minimum atomic E-state index is -0.130. The first-order chi connectivity index (χ1) is 12.6. The van der Waals surface area contributed by atoms with Gasteiger partial charge in [-0.3, -0.25) is 14.5 Å². The van der Waals surface area contributed by atoms with Crippen LogP contribution in [0, 0.1) is 5.92 Å². The van der Waals surface area contributed by atoms with Crippen LogP contribution in [0.4, 0.5) is 0 Å². The number of nitrogens with one attached hydrogen (secondary N) is 1. The third-order valence-corrected chi connectivity index (χ3v) is 5.74. The Labute approximate surface area is 156 Å². The van der Waals surface area contributed by atoms with Gasteiger partial charge in [0.25, 0.3) is 0 Å². The van der Waals surface area contributed by atoms with E-state index < -0.39 is 0 Å². The fourth-order valence-corrected chi connectivity index (χ4v) is 4.09. The highest BCUT2D eigenvalue weighted by atomic mass is 16.5. The number of amides is 1. The van der Waals surface area contributed by atoms with Crippen molar-refractivity contribution in [1.82, 2.24) is 10.2 Å². The summed E-state index contributed by atoms with van der Waals surface area (Å²) in [5.41, 5.74) is 4.09. The van der Waals surface area contributed by atoms with E-state index in [2.05, 4.69) is 28.4 Å². The summed E-state index contributed by atoms with van der Waals surface area (Å²) in [6.45, 7) is 3.97. The van der Waals surface area contributed by atoms with Gasteiger partial charge < -0.3 is 10.1 Å². The van der Waals surface area contributed by atoms with Crippen molar-refractivity contribution in [2.75, 3.05) is 26.7 Å². The Morgan fingerprint density at radius 1 is 1.19 bits per heavy atom. The van der Waals surface area contributed by atoms with Gasteiger partial charge in [0.15, 0.2) is 0 Å². The molecule has 1 fully saturated rings. The average molecular weight is 358 g/mol. The van der Waals surface area contributed by atoms with Crippen molar-refractivity contribution in [3.63, 3.8) is 0 Å². The molecule has 1 saturated heterocycles. The van der Waals surface area contributed by atoms with E-state index in [1.807, 2.05) is 6.92 Å². The third-order valence-electron chi connectivity index (χ3n) is 5.74. The normalized spacial score (nSPS) is 19.5. The molecule has 0 spiro atoms. The number of ether oxygens (including phenoxy) is 1. The fraction of sp³-hybridized carbons (Fsp3) is 0.619. The highest BCUT2D eigenvalue weighted by molar-refractivity contribution is 5.78. The van der Waals surface area contributed by atoms with Crippen LogP contribution in [0.2, 0.25) is 0 Å². The summed E-state index contributed by atoms with van der Waals surface area (Å²) in [6, 6.07) is 6.66. The topological polar surface area (TPSA) is 58.6 Å². The number of esters is 1. The number of methoxy groups -OCH3 is 1. The van der Waals surface area contributed by atoms with Crippen LogP contribution in [0.1, 0.15) is 55.3 Å². The molecule has 1 amide bonds. The first-order valence-corrected chi connectivity index (χ1v) is 9.78. The summed E-state index contributed by atoms with van der Waals surface area (Å²) in [6.07, 6.45) is 6.40. The standard InChI is InChI=1S/C21H30N2O3/c1-15(18-8-7-16-5-3-4-6-19(16)13-18)22-20(24)14-23-11-9-17(10-12-23)21(25)26-2/h7-8,13,15,17H,3-6,9-12,14H2,1-2H3,(H,22,24). The van der Waals surface area contributed by atoms with Gasteiger partial charge in [-0.1, -0.05) is 18.2 Å². The molecule has 1 aliphatic heterocycles. The smallest absolute Gasteiger partial charge is 0.308 e. The molecule has 1 heterocycles. The molecule has 1 unspecified atom stereocenters. The second kappa shape index (κ2) is 8.67. The molecule has 142 valence electrons. The highest BCUT2D eigenvalue weighted by Crippen LogP contribution is 2.25. The van der Waals surface area contributed by atoms with Crippen molar-refractivity contribution in [3.05, 3.63) is 34.9 Å². The molecule has 26 heavy (non-hydrogen) atoms. The summed E-state index contributed by atoms with van der Waals surface area (Å²) < 4.78 is 4.81. The van der Waals surface area contributed by atoms with Crippen molar-refractivity contribution in [2.24, 2.45) is 5.92 Å². The second-order valence-corrected chi connectivity index (χ2v) is 7.60. The molecule has 5 nitrogen and oxygen atoms in total. The van der Waals surface area contributed by atoms with Gasteiger partial charge in [-0.2, -0.15) is 0 Å². The van der Waals surface area contributed by atoms with E-state index in [1.54, 1.807) is 0 Å². The Morgan fingerprint density at radius 3 is 2.58 bits per heavy atom. The van der Waals surface area contributed by atoms with Gasteiger partial charge in [-0.15, -0.1) is 0 Å². The van der Waals surface area contributed by atoms with Crippen LogP contribution >= 0.6 is 0 Å². The summed E-state index contributed by atoms with van der Waals surface area (Å²) in [5.74, 6) is -0.101. The Kier molecular flexibility index (Phi) is 6.30. The zero-order valence-electron chi connectivity index (χ0n) is 15.9. The molecule has 2 aliphatic rings. The minimum absolute atomic E-state index is 0.0161. The van der Waals surface area contributed by atoms with Gasteiger partial charge in [0, 0.05) is 0 Å². The van der Waals surface area contributed by atoms with E-state index in [9.17, 15) is 9.59 Å².